The van der Waals surface area contributed by atoms with Gasteiger partial charge in [0, 0.05) is 36.5 Å². The Kier molecular flexibility index (Phi) is 5.84. The number of hydrogen-bond donors (Lipinski definition) is 2. The highest BCUT2D eigenvalue weighted by molar-refractivity contribution is 6.03. The molecule has 0 aliphatic carbocycles. The van der Waals surface area contributed by atoms with E-state index in [1.54, 1.807) is 49.6 Å². The van der Waals surface area contributed by atoms with Gasteiger partial charge in [0.2, 0.25) is 5.91 Å². The molecule has 3 heterocycles. The molecule has 0 saturated carbocycles. The van der Waals surface area contributed by atoms with E-state index in [0.29, 0.717) is 23.6 Å². The van der Waals surface area contributed by atoms with E-state index in [-0.39, 0.29) is 11.8 Å². The molecule has 9 heteroatoms. The molecule has 0 bridgehead atoms. The molecule has 0 aliphatic heterocycles. The highest BCUT2D eigenvalue weighted by Crippen LogP contribution is 2.17. The Bertz CT molecular complexity index is 1150. The first-order chi connectivity index (χ1) is 15.1. The lowest BCUT2D eigenvalue weighted by atomic mass is 10.2. The Morgan fingerprint density at radius 1 is 0.968 bits per heavy atom. The molecular formula is C22H21N7O2. The molecule has 0 saturated heterocycles. The number of aromatic nitrogens is 5. The Labute approximate surface area is 178 Å². The normalized spacial score (nSPS) is 11.6. The summed E-state index contributed by atoms with van der Waals surface area (Å²) in [5, 5.41) is 9.69. The van der Waals surface area contributed by atoms with Crippen LogP contribution in [0.2, 0.25) is 0 Å². The Morgan fingerprint density at radius 3 is 2.35 bits per heavy atom. The zero-order valence-corrected chi connectivity index (χ0v) is 16.8. The van der Waals surface area contributed by atoms with Crippen molar-refractivity contribution < 1.29 is 9.59 Å². The summed E-state index contributed by atoms with van der Waals surface area (Å²) in [5.74, 6) is -0.424. The molecule has 9 nitrogen and oxygen atoms in total. The number of amides is 2. The second-order valence-corrected chi connectivity index (χ2v) is 6.95. The predicted octanol–water partition coefficient (Wildman–Crippen LogP) is 2.97. The fourth-order valence-corrected chi connectivity index (χ4v) is 3.06. The number of carbonyl (C=O) groups is 2. The molecule has 1 aromatic carbocycles. The summed E-state index contributed by atoms with van der Waals surface area (Å²) in [6.07, 6.45) is 8.20. The van der Waals surface area contributed by atoms with E-state index in [1.165, 1.54) is 17.3 Å². The van der Waals surface area contributed by atoms with Crippen molar-refractivity contribution in [2.45, 2.75) is 19.5 Å². The van der Waals surface area contributed by atoms with Gasteiger partial charge >= 0.3 is 0 Å². The van der Waals surface area contributed by atoms with Crippen LogP contribution in [0.1, 0.15) is 29.0 Å². The van der Waals surface area contributed by atoms with Gasteiger partial charge in [0.25, 0.3) is 5.91 Å². The van der Waals surface area contributed by atoms with E-state index < -0.39 is 6.04 Å². The van der Waals surface area contributed by atoms with Crippen LogP contribution in [0.4, 0.5) is 11.4 Å². The van der Waals surface area contributed by atoms with E-state index >= 15 is 0 Å². The van der Waals surface area contributed by atoms with Gasteiger partial charge in [0.05, 0.1) is 0 Å². The molecule has 0 spiro atoms. The lowest BCUT2D eigenvalue weighted by Crippen LogP contribution is -2.24. The minimum absolute atomic E-state index is 0.212. The largest absolute Gasteiger partial charge is 0.339 e. The van der Waals surface area contributed by atoms with Gasteiger partial charge in [-0.3, -0.25) is 14.6 Å². The van der Waals surface area contributed by atoms with E-state index in [1.807, 2.05) is 29.0 Å². The van der Waals surface area contributed by atoms with Crippen LogP contribution in [-0.4, -0.2) is 36.1 Å². The summed E-state index contributed by atoms with van der Waals surface area (Å²) >= 11 is 0. The minimum atomic E-state index is -0.491. The van der Waals surface area contributed by atoms with E-state index in [4.69, 9.17) is 0 Å². The second kappa shape index (κ2) is 9.04. The van der Waals surface area contributed by atoms with Crippen LogP contribution in [0.25, 0.3) is 0 Å². The van der Waals surface area contributed by atoms with Crippen molar-refractivity contribution >= 4 is 23.2 Å². The summed E-state index contributed by atoms with van der Waals surface area (Å²) in [6.45, 7) is 2.31. The van der Waals surface area contributed by atoms with Gasteiger partial charge in [-0.25, -0.2) is 9.67 Å². The molecule has 0 fully saturated rings. The monoisotopic (exact) mass is 415 g/mol. The van der Waals surface area contributed by atoms with E-state index in [9.17, 15) is 9.59 Å². The fourth-order valence-electron chi connectivity index (χ4n) is 3.06. The van der Waals surface area contributed by atoms with Crippen LogP contribution in [0.5, 0.6) is 0 Å². The van der Waals surface area contributed by atoms with Crippen LogP contribution in [0.15, 0.2) is 79.8 Å². The maximum absolute atomic E-state index is 12.7. The SMILES string of the molecule is C[C@@H](C(=O)Nc1ccc(NC(=O)c2cccn2Cc2ccncc2)cc1)n1cncn1. The predicted molar refractivity (Wildman–Crippen MR) is 116 cm³/mol. The summed E-state index contributed by atoms with van der Waals surface area (Å²) < 4.78 is 3.36. The Morgan fingerprint density at radius 2 is 1.68 bits per heavy atom. The third-order valence-electron chi connectivity index (χ3n) is 4.79. The fraction of sp³-hybridized carbons (Fsp3) is 0.136. The molecule has 156 valence electrons. The lowest BCUT2D eigenvalue weighted by Gasteiger charge is -2.13. The molecule has 4 rings (SSSR count). The molecule has 31 heavy (non-hydrogen) atoms. The van der Waals surface area contributed by atoms with Crippen molar-refractivity contribution in [2.75, 3.05) is 10.6 Å². The van der Waals surface area contributed by atoms with Crippen molar-refractivity contribution in [2.24, 2.45) is 0 Å². The molecule has 0 unspecified atom stereocenters. The summed E-state index contributed by atoms with van der Waals surface area (Å²) in [5.41, 5.74) is 2.86. The van der Waals surface area contributed by atoms with Gasteiger partial charge in [-0.15, -0.1) is 0 Å². The number of hydrogen-bond acceptors (Lipinski definition) is 5. The lowest BCUT2D eigenvalue weighted by molar-refractivity contribution is -0.119. The zero-order valence-electron chi connectivity index (χ0n) is 16.8. The second-order valence-electron chi connectivity index (χ2n) is 6.95. The van der Waals surface area contributed by atoms with Gasteiger partial charge in [0.1, 0.15) is 24.4 Å². The summed E-state index contributed by atoms with van der Waals surface area (Å²) in [7, 11) is 0. The number of nitrogens with zero attached hydrogens (tertiary/aromatic N) is 5. The van der Waals surface area contributed by atoms with Crippen molar-refractivity contribution in [3.05, 3.63) is 91.0 Å². The quantitative estimate of drug-likeness (QED) is 0.483. The smallest absolute Gasteiger partial charge is 0.272 e. The topological polar surface area (TPSA) is 107 Å². The molecule has 2 amide bonds. The summed E-state index contributed by atoms with van der Waals surface area (Å²) in [4.78, 5) is 32.9. The van der Waals surface area contributed by atoms with Crippen molar-refractivity contribution in [1.82, 2.24) is 24.3 Å². The number of nitrogens with one attached hydrogen (secondary N) is 2. The average molecular weight is 415 g/mol. The third-order valence-corrected chi connectivity index (χ3v) is 4.79. The highest BCUT2D eigenvalue weighted by Gasteiger charge is 2.16. The molecule has 0 radical (unpaired) electrons. The average Bonchev–Trinajstić information content (AvgIpc) is 3.48. The van der Waals surface area contributed by atoms with Crippen LogP contribution < -0.4 is 10.6 Å². The molecule has 1 atom stereocenters. The molecule has 0 aliphatic rings. The van der Waals surface area contributed by atoms with Crippen LogP contribution in [0.3, 0.4) is 0 Å². The van der Waals surface area contributed by atoms with E-state index in [0.717, 1.165) is 5.56 Å². The molecule has 3 aromatic heterocycles. The van der Waals surface area contributed by atoms with Crippen LogP contribution in [-0.2, 0) is 11.3 Å². The first kappa shape index (κ1) is 20.0. The number of rotatable bonds is 7. The van der Waals surface area contributed by atoms with Gasteiger partial charge < -0.3 is 15.2 Å². The first-order valence-corrected chi connectivity index (χ1v) is 9.70. The standard InChI is InChI=1S/C22H21N7O2/c1-16(29-15-24-14-25-29)21(30)26-18-4-6-19(7-5-18)27-22(31)20-3-2-12-28(20)13-17-8-10-23-11-9-17/h2-12,14-16H,13H2,1H3,(H,26,30)(H,27,31)/t16-/m0/s1. The highest BCUT2D eigenvalue weighted by atomic mass is 16.2. The van der Waals surface area contributed by atoms with Crippen molar-refractivity contribution in [1.29, 1.82) is 0 Å². The number of carbonyl (C=O) groups excluding carboxylic acids is 2. The maximum Gasteiger partial charge on any atom is 0.272 e. The number of anilines is 2. The third kappa shape index (κ3) is 4.84. The molecule has 2 N–H and O–H groups in total. The molecular weight excluding hydrogens is 394 g/mol. The van der Waals surface area contributed by atoms with Crippen LogP contribution in [0, 0.1) is 0 Å². The van der Waals surface area contributed by atoms with Gasteiger partial charge in [0.15, 0.2) is 0 Å². The number of benzene rings is 1. The van der Waals surface area contributed by atoms with E-state index in [2.05, 4.69) is 25.7 Å². The first-order valence-electron chi connectivity index (χ1n) is 9.70. The minimum Gasteiger partial charge on any atom is -0.339 e. The van der Waals surface area contributed by atoms with Crippen molar-refractivity contribution in [3.8, 4) is 0 Å². The zero-order chi connectivity index (χ0) is 21.6. The Hall–Kier alpha value is -4.27. The summed E-state index contributed by atoms with van der Waals surface area (Å²) in [6, 6.07) is 13.9. The van der Waals surface area contributed by atoms with Gasteiger partial charge in [-0.05, 0) is 61.0 Å². The maximum atomic E-state index is 12.7. The van der Waals surface area contributed by atoms with Crippen LogP contribution >= 0.6 is 0 Å². The van der Waals surface area contributed by atoms with Gasteiger partial charge in [-0.2, -0.15) is 5.10 Å². The molecule has 4 aromatic rings. The van der Waals surface area contributed by atoms with Gasteiger partial charge in [-0.1, -0.05) is 0 Å². The Balaban J connectivity index is 1.38. The van der Waals surface area contributed by atoms with Crippen molar-refractivity contribution in [3.63, 3.8) is 0 Å². The number of pyridine rings is 1.